The van der Waals surface area contributed by atoms with Gasteiger partial charge in [0, 0.05) is 49.7 Å². The van der Waals surface area contributed by atoms with Crippen LogP contribution in [0.25, 0.3) is 0 Å². The van der Waals surface area contributed by atoms with Crippen LogP contribution in [0.1, 0.15) is 48.4 Å². The van der Waals surface area contributed by atoms with E-state index in [2.05, 4.69) is 20.5 Å². The van der Waals surface area contributed by atoms with Crippen molar-refractivity contribution in [3.8, 4) is 0 Å². The Kier molecular flexibility index (Phi) is 8.88. The van der Waals surface area contributed by atoms with E-state index in [0.29, 0.717) is 47.9 Å². The molecule has 0 radical (unpaired) electrons. The van der Waals surface area contributed by atoms with Gasteiger partial charge in [0.15, 0.2) is 0 Å². The van der Waals surface area contributed by atoms with Crippen LogP contribution in [0.4, 0.5) is 11.4 Å². The van der Waals surface area contributed by atoms with Gasteiger partial charge in [0.05, 0.1) is 28.7 Å². The third kappa shape index (κ3) is 6.81. The van der Waals surface area contributed by atoms with E-state index in [-0.39, 0.29) is 23.8 Å². The summed E-state index contributed by atoms with van der Waals surface area (Å²) in [7, 11) is 0. The Balaban J connectivity index is 1.37. The first kappa shape index (κ1) is 28.5. The second-order valence-corrected chi connectivity index (χ2v) is 10.7. The molecule has 10 nitrogen and oxygen atoms in total. The lowest BCUT2D eigenvalue weighted by atomic mass is 10.0. The number of rotatable bonds is 9. The van der Waals surface area contributed by atoms with Crippen molar-refractivity contribution in [2.24, 2.45) is 0 Å². The highest BCUT2D eigenvalue weighted by Gasteiger charge is 2.26. The summed E-state index contributed by atoms with van der Waals surface area (Å²) in [5.74, 6) is -1.88. The Morgan fingerprint density at radius 1 is 0.881 bits per heavy atom. The zero-order valence-electron chi connectivity index (χ0n) is 22.6. The maximum absolute atomic E-state index is 13.3. The van der Waals surface area contributed by atoms with Gasteiger partial charge in [0.25, 0.3) is 17.7 Å². The summed E-state index contributed by atoms with van der Waals surface area (Å²) >= 11 is 1.30. The molecule has 4 aromatic rings. The predicted molar refractivity (Wildman–Crippen MR) is 160 cm³/mol. The number of nitrogens with zero attached hydrogens (tertiary/aromatic N) is 3. The van der Waals surface area contributed by atoms with Gasteiger partial charge in [-0.3, -0.25) is 24.2 Å². The second-order valence-electron chi connectivity index (χ2n) is 9.72. The van der Waals surface area contributed by atoms with Crippen LogP contribution < -0.4 is 15.5 Å². The lowest BCUT2D eigenvalue weighted by molar-refractivity contribution is -0.137. The Bertz CT molecular complexity index is 1560. The number of carboxylic acids is 1. The molecule has 0 spiro atoms. The monoisotopic (exact) mass is 583 g/mol. The van der Waals surface area contributed by atoms with E-state index < -0.39 is 17.9 Å². The minimum atomic E-state index is -1.06. The van der Waals surface area contributed by atoms with Gasteiger partial charge < -0.3 is 25.5 Å². The Morgan fingerprint density at radius 3 is 2.33 bits per heavy atom. The van der Waals surface area contributed by atoms with Crippen LogP contribution >= 0.6 is 11.3 Å². The summed E-state index contributed by atoms with van der Waals surface area (Å²) in [6.07, 6.45) is 2.77. The smallest absolute Gasteiger partial charge is 0.305 e. The Labute approximate surface area is 246 Å². The number of hydrogen-bond donors (Lipinski definition) is 3. The molecule has 1 fully saturated rings. The first-order valence-corrected chi connectivity index (χ1v) is 14.3. The van der Waals surface area contributed by atoms with Crippen molar-refractivity contribution in [2.75, 3.05) is 36.4 Å². The molecule has 42 heavy (non-hydrogen) atoms. The number of hydrogen-bond acceptors (Lipinski definition) is 7. The fourth-order valence-electron chi connectivity index (χ4n) is 4.81. The normalized spacial score (nSPS) is 13.7. The number of piperazine rings is 1. The van der Waals surface area contributed by atoms with Crippen molar-refractivity contribution in [2.45, 2.75) is 12.5 Å². The molecule has 3 N–H and O–H groups in total. The number of benzene rings is 2. The van der Waals surface area contributed by atoms with Crippen LogP contribution in [0.3, 0.4) is 0 Å². The summed E-state index contributed by atoms with van der Waals surface area (Å²) in [6, 6.07) is 20.3. The molecule has 1 atom stereocenters. The molecule has 3 amide bonds. The molecule has 214 valence electrons. The fraction of sp³-hybridized carbons (Fsp3) is 0.194. The molecular weight excluding hydrogens is 554 g/mol. The molecule has 2 aromatic carbocycles. The van der Waals surface area contributed by atoms with Gasteiger partial charge in [0.1, 0.15) is 0 Å². The largest absolute Gasteiger partial charge is 0.481 e. The molecule has 1 unspecified atom stereocenters. The van der Waals surface area contributed by atoms with Gasteiger partial charge in [0.2, 0.25) is 0 Å². The lowest BCUT2D eigenvalue weighted by Gasteiger charge is -2.37. The van der Waals surface area contributed by atoms with Crippen LogP contribution in [0.15, 0.2) is 90.6 Å². The van der Waals surface area contributed by atoms with E-state index in [1.54, 1.807) is 65.7 Å². The molecule has 0 aliphatic carbocycles. The summed E-state index contributed by atoms with van der Waals surface area (Å²) in [5.41, 5.74) is 2.63. The third-order valence-electron chi connectivity index (χ3n) is 6.95. The lowest BCUT2D eigenvalue weighted by Crippen LogP contribution is -2.49. The number of aliphatic carboxylic acids is 1. The third-order valence-corrected chi connectivity index (χ3v) is 7.82. The van der Waals surface area contributed by atoms with Crippen molar-refractivity contribution in [1.82, 2.24) is 15.2 Å². The number of anilines is 2. The maximum Gasteiger partial charge on any atom is 0.305 e. The zero-order valence-corrected chi connectivity index (χ0v) is 23.4. The van der Waals surface area contributed by atoms with E-state index in [9.17, 15) is 24.3 Å². The van der Waals surface area contributed by atoms with Crippen molar-refractivity contribution in [1.29, 1.82) is 0 Å². The van der Waals surface area contributed by atoms with E-state index in [0.717, 1.165) is 5.69 Å². The number of carbonyl (C=O) groups is 4. The number of aromatic nitrogens is 1. The highest BCUT2D eigenvalue weighted by molar-refractivity contribution is 7.12. The standard InChI is InChI=1S/C31H29N5O5S/c37-28(38)19-24(23-8-4-12-32-20-23)33-29(39)22-10-11-26(25(18-22)34-30(40)27-9-5-17-42-27)35-13-15-36(16-14-35)31(41)21-6-2-1-3-7-21/h1-12,17-18,20,24H,13-16,19H2,(H,33,39)(H,34,40)(H,37,38). The van der Waals surface area contributed by atoms with E-state index in [1.807, 2.05) is 23.6 Å². The molecule has 1 aliphatic rings. The topological polar surface area (TPSA) is 132 Å². The SMILES string of the molecule is O=C(O)CC(NC(=O)c1ccc(N2CCN(C(=O)c3ccccc3)CC2)c(NC(=O)c2cccs2)c1)c1cccnc1. The summed E-state index contributed by atoms with van der Waals surface area (Å²) in [5, 5.41) is 17.0. The quantitative estimate of drug-likeness (QED) is 0.268. The highest BCUT2D eigenvalue weighted by Crippen LogP contribution is 2.30. The highest BCUT2D eigenvalue weighted by atomic mass is 32.1. The number of pyridine rings is 1. The predicted octanol–water partition coefficient (Wildman–Crippen LogP) is 4.30. The van der Waals surface area contributed by atoms with Crippen LogP contribution in [0, 0.1) is 0 Å². The molecule has 0 bridgehead atoms. The van der Waals surface area contributed by atoms with Gasteiger partial charge in [-0.15, -0.1) is 11.3 Å². The van der Waals surface area contributed by atoms with Crippen molar-refractivity contribution in [3.63, 3.8) is 0 Å². The minimum Gasteiger partial charge on any atom is -0.481 e. The molecule has 1 aliphatic heterocycles. The average molecular weight is 584 g/mol. The first-order chi connectivity index (χ1) is 20.4. The van der Waals surface area contributed by atoms with Gasteiger partial charge in [-0.1, -0.05) is 30.3 Å². The van der Waals surface area contributed by atoms with Crippen LogP contribution in [0.2, 0.25) is 0 Å². The molecule has 5 rings (SSSR count). The van der Waals surface area contributed by atoms with E-state index in [4.69, 9.17) is 0 Å². The van der Waals surface area contributed by atoms with E-state index in [1.165, 1.54) is 17.5 Å². The molecule has 11 heteroatoms. The van der Waals surface area contributed by atoms with Gasteiger partial charge in [-0.25, -0.2) is 0 Å². The van der Waals surface area contributed by atoms with Crippen LogP contribution in [-0.2, 0) is 4.79 Å². The number of carboxylic acid groups (broad SMARTS) is 1. The number of amides is 3. The van der Waals surface area contributed by atoms with Gasteiger partial charge in [-0.05, 0) is 53.4 Å². The van der Waals surface area contributed by atoms with E-state index >= 15 is 0 Å². The average Bonchev–Trinajstić information content (AvgIpc) is 3.57. The van der Waals surface area contributed by atoms with Gasteiger partial charge >= 0.3 is 5.97 Å². The summed E-state index contributed by atoms with van der Waals surface area (Å²) in [6.45, 7) is 2.06. The van der Waals surface area contributed by atoms with Gasteiger partial charge in [-0.2, -0.15) is 0 Å². The van der Waals surface area contributed by atoms with Crippen molar-refractivity contribution >= 4 is 46.4 Å². The zero-order chi connectivity index (χ0) is 29.5. The van der Waals surface area contributed by atoms with Crippen molar-refractivity contribution in [3.05, 3.63) is 112 Å². The maximum atomic E-state index is 13.3. The fourth-order valence-corrected chi connectivity index (χ4v) is 5.43. The molecular formula is C31H29N5O5S. The van der Waals surface area contributed by atoms with Crippen molar-refractivity contribution < 1.29 is 24.3 Å². The summed E-state index contributed by atoms with van der Waals surface area (Å²) < 4.78 is 0. The Morgan fingerprint density at radius 2 is 1.67 bits per heavy atom. The minimum absolute atomic E-state index is 0.0296. The molecule has 2 aromatic heterocycles. The van der Waals surface area contributed by atoms with Crippen LogP contribution in [-0.4, -0.2) is 64.9 Å². The number of carbonyl (C=O) groups excluding carboxylic acids is 3. The molecule has 3 heterocycles. The summed E-state index contributed by atoms with van der Waals surface area (Å²) in [4.78, 5) is 59.2. The first-order valence-electron chi connectivity index (χ1n) is 13.4. The number of nitrogens with one attached hydrogen (secondary N) is 2. The molecule has 0 saturated carbocycles. The number of thiophene rings is 1. The second kappa shape index (κ2) is 13.1. The molecule has 1 saturated heterocycles. The Hall–Kier alpha value is -5.03. The van der Waals surface area contributed by atoms with Crippen LogP contribution in [0.5, 0.6) is 0 Å².